The second kappa shape index (κ2) is 6.20. The van der Waals surface area contributed by atoms with Crippen molar-refractivity contribution in [2.75, 3.05) is 20.2 Å². The number of rotatable bonds is 4. The number of hydrogen-bond acceptors (Lipinski definition) is 3. The number of carbonyl (C=O) groups is 1. The van der Waals surface area contributed by atoms with Crippen molar-refractivity contribution in [3.8, 4) is 5.75 Å². The maximum atomic E-state index is 10.9. The van der Waals surface area contributed by atoms with Crippen molar-refractivity contribution in [3.63, 3.8) is 0 Å². The summed E-state index contributed by atoms with van der Waals surface area (Å²) < 4.78 is 5.40. The molecule has 0 aromatic heterocycles. The van der Waals surface area contributed by atoms with Gasteiger partial charge in [0, 0.05) is 30.8 Å². The highest BCUT2D eigenvalue weighted by Gasteiger charge is 2.22. The molecule has 0 spiro atoms. The van der Waals surface area contributed by atoms with E-state index in [4.69, 9.17) is 4.74 Å². The summed E-state index contributed by atoms with van der Waals surface area (Å²) in [5.41, 5.74) is 1.82. The van der Waals surface area contributed by atoms with Crippen LogP contribution in [0.3, 0.4) is 0 Å². The van der Waals surface area contributed by atoms with Crippen LogP contribution in [-0.2, 0) is 6.54 Å². The van der Waals surface area contributed by atoms with Crippen molar-refractivity contribution in [3.05, 3.63) is 29.3 Å². The zero-order valence-corrected chi connectivity index (χ0v) is 12.1. The van der Waals surface area contributed by atoms with E-state index in [0.717, 1.165) is 49.1 Å². The Labute approximate surface area is 115 Å². The van der Waals surface area contributed by atoms with E-state index in [-0.39, 0.29) is 0 Å². The Morgan fingerprint density at radius 1 is 1.32 bits per heavy atom. The summed E-state index contributed by atoms with van der Waals surface area (Å²) in [6.45, 7) is 7.72. The van der Waals surface area contributed by atoms with Crippen molar-refractivity contribution < 1.29 is 9.53 Å². The molecular formula is C16H23NO2. The molecule has 1 fully saturated rings. The van der Waals surface area contributed by atoms with Gasteiger partial charge in [-0.2, -0.15) is 0 Å². The molecule has 1 aliphatic rings. The summed E-state index contributed by atoms with van der Waals surface area (Å²) in [7, 11) is 1.68. The van der Waals surface area contributed by atoms with Gasteiger partial charge >= 0.3 is 0 Å². The maximum absolute atomic E-state index is 10.9. The van der Waals surface area contributed by atoms with Gasteiger partial charge in [0.05, 0.1) is 7.11 Å². The highest BCUT2D eigenvalue weighted by molar-refractivity contribution is 5.75. The minimum atomic E-state index is 0.717. The lowest BCUT2D eigenvalue weighted by Gasteiger charge is -2.35. The molecule has 3 heteroatoms. The van der Waals surface area contributed by atoms with Gasteiger partial charge in [-0.15, -0.1) is 0 Å². The molecule has 1 saturated heterocycles. The number of piperidine rings is 1. The van der Waals surface area contributed by atoms with Gasteiger partial charge in [0.25, 0.3) is 0 Å². The van der Waals surface area contributed by atoms with Gasteiger partial charge in [-0.1, -0.05) is 13.8 Å². The predicted molar refractivity (Wildman–Crippen MR) is 76.6 cm³/mol. The van der Waals surface area contributed by atoms with Crippen molar-refractivity contribution >= 4 is 6.29 Å². The molecule has 1 heterocycles. The number of carbonyl (C=O) groups excluding carboxylic acids is 1. The summed E-state index contributed by atoms with van der Waals surface area (Å²) in [4.78, 5) is 13.4. The van der Waals surface area contributed by atoms with Crippen LogP contribution >= 0.6 is 0 Å². The van der Waals surface area contributed by atoms with E-state index < -0.39 is 0 Å². The minimum absolute atomic E-state index is 0.717. The van der Waals surface area contributed by atoms with E-state index in [2.05, 4.69) is 18.7 Å². The predicted octanol–water partition coefficient (Wildman–Crippen LogP) is 2.99. The first-order valence-corrected chi connectivity index (χ1v) is 6.96. The van der Waals surface area contributed by atoms with Gasteiger partial charge < -0.3 is 4.74 Å². The third-order valence-corrected chi connectivity index (χ3v) is 3.78. The molecule has 0 bridgehead atoms. The van der Waals surface area contributed by atoms with Gasteiger partial charge in [-0.05, 0) is 36.5 Å². The van der Waals surface area contributed by atoms with Gasteiger partial charge in [0.1, 0.15) is 12.0 Å². The molecule has 104 valence electrons. The Morgan fingerprint density at radius 3 is 2.58 bits per heavy atom. The Kier molecular flexibility index (Phi) is 4.59. The number of likely N-dealkylation sites (tertiary alicyclic amines) is 1. The zero-order chi connectivity index (χ0) is 13.8. The Bertz CT molecular complexity index is 434. The van der Waals surface area contributed by atoms with Crippen LogP contribution in [-0.4, -0.2) is 31.4 Å². The van der Waals surface area contributed by atoms with E-state index in [1.807, 2.05) is 12.1 Å². The van der Waals surface area contributed by atoms with Crippen molar-refractivity contribution in [1.29, 1.82) is 0 Å². The van der Waals surface area contributed by atoms with Crippen LogP contribution < -0.4 is 4.74 Å². The number of methoxy groups -OCH3 is 1. The largest absolute Gasteiger partial charge is 0.496 e. The first kappa shape index (κ1) is 14.1. The summed E-state index contributed by atoms with van der Waals surface area (Å²) in [6, 6.07) is 5.63. The third kappa shape index (κ3) is 3.57. The molecule has 3 nitrogen and oxygen atoms in total. The maximum Gasteiger partial charge on any atom is 0.150 e. The fourth-order valence-corrected chi connectivity index (χ4v) is 3.16. The van der Waals surface area contributed by atoms with Crippen molar-refractivity contribution in [2.24, 2.45) is 11.8 Å². The number of hydrogen-bond donors (Lipinski definition) is 0. The summed E-state index contributed by atoms with van der Waals surface area (Å²) in [5.74, 6) is 2.35. The van der Waals surface area contributed by atoms with Crippen molar-refractivity contribution in [1.82, 2.24) is 4.90 Å². The highest BCUT2D eigenvalue weighted by atomic mass is 16.5. The van der Waals surface area contributed by atoms with Crippen LogP contribution in [0.5, 0.6) is 5.75 Å². The molecule has 2 unspecified atom stereocenters. The number of aldehydes is 1. The van der Waals surface area contributed by atoms with E-state index in [9.17, 15) is 4.79 Å². The van der Waals surface area contributed by atoms with Crippen LogP contribution in [0, 0.1) is 11.8 Å². The SMILES string of the molecule is COc1ccc(C=O)cc1CN1CC(C)CC(C)C1. The number of nitrogens with zero attached hydrogens (tertiary/aromatic N) is 1. The standard InChI is InChI=1S/C16H23NO2/c1-12-6-13(2)9-17(8-12)10-15-7-14(11-18)4-5-16(15)19-3/h4-5,7,11-13H,6,8-10H2,1-3H3. The van der Waals surface area contributed by atoms with Crippen LogP contribution in [0.2, 0.25) is 0 Å². The lowest BCUT2D eigenvalue weighted by Crippen LogP contribution is -2.38. The average molecular weight is 261 g/mol. The fourth-order valence-electron chi connectivity index (χ4n) is 3.16. The molecule has 2 atom stereocenters. The Hall–Kier alpha value is -1.35. The van der Waals surface area contributed by atoms with E-state index in [1.165, 1.54) is 6.42 Å². The molecular weight excluding hydrogens is 238 g/mol. The number of benzene rings is 1. The monoisotopic (exact) mass is 261 g/mol. The molecule has 2 rings (SSSR count). The van der Waals surface area contributed by atoms with Gasteiger partial charge in [0.2, 0.25) is 0 Å². The lowest BCUT2D eigenvalue weighted by atomic mass is 9.91. The zero-order valence-electron chi connectivity index (χ0n) is 12.1. The molecule has 0 saturated carbocycles. The molecule has 1 aliphatic heterocycles. The first-order chi connectivity index (χ1) is 9.12. The molecule has 0 aliphatic carbocycles. The Morgan fingerprint density at radius 2 is 2.00 bits per heavy atom. The lowest BCUT2D eigenvalue weighted by molar-refractivity contribution is 0.112. The van der Waals surface area contributed by atoms with Gasteiger partial charge in [-0.3, -0.25) is 9.69 Å². The molecule has 0 amide bonds. The summed E-state index contributed by atoms with van der Waals surface area (Å²) in [5, 5.41) is 0. The Balaban J connectivity index is 2.14. The molecule has 0 N–H and O–H groups in total. The molecule has 1 aromatic rings. The molecule has 1 aromatic carbocycles. The first-order valence-electron chi connectivity index (χ1n) is 6.96. The van der Waals surface area contributed by atoms with E-state index in [1.54, 1.807) is 13.2 Å². The molecule has 19 heavy (non-hydrogen) atoms. The quantitative estimate of drug-likeness (QED) is 0.780. The second-order valence-electron chi connectivity index (χ2n) is 5.83. The van der Waals surface area contributed by atoms with Crippen LogP contribution in [0.15, 0.2) is 18.2 Å². The van der Waals surface area contributed by atoms with Gasteiger partial charge in [0.15, 0.2) is 0 Å². The third-order valence-electron chi connectivity index (χ3n) is 3.78. The van der Waals surface area contributed by atoms with Crippen LogP contribution in [0.1, 0.15) is 36.2 Å². The summed E-state index contributed by atoms with van der Waals surface area (Å²) >= 11 is 0. The van der Waals surface area contributed by atoms with E-state index >= 15 is 0 Å². The normalized spacial score (nSPS) is 24.2. The van der Waals surface area contributed by atoms with Crippen LogP contribution in [0.4, 0.5) is 0 Å². The summed E-state index contributed by atoms with van der Waals surface area (Å²) in [6.07, 6.45) is 2.20. The number of ether oxygens (including phenoxy) is 1. The fraction of sp³-hybridized carbons (Fsp3) is 0.562. The average Bonchev–Trinajstić information content (AvgIpc) is 2.37. The smallest absolute Gasteiger partial charge is 0.150 e. The minimum Gasteiger partial charge on any atom is -0.496 e. The van der Waals surface area contributed by atoms with Gasteiger partial charge in [-0.25, -0.2) is 0 Å². The molecule has 0 radical (unpaired) electrons. The van der Waals surface area contributed by atoms with Crippen molar-refractivity contribution in [2.45, 2.75) is 26.8 Å². The van der Waals surface area contributed by atoms with Crippen LogP contribution in [0.25, 0.3) is 0 Å². The topological polar surface area (TPSA) is 29.5 Å². The van der Waals surface area contributed by atoms with E-state index in [0.29, 0.717) is 5.56 Å². The second-order valence-corrected chi connectivity index (χ2v) is 5.83. The highest BCUT2D eigenvalue weighted by Crippen LogP contribution is 2.26.